The maximum Gasteiger partial charge on any atom is 0.261 e. The molecule has 0 bridgehead atoms. The molecule has 0 atom stereocenters. The number of hydrogen-bond acceptors (Lipinski definition) is 2. The van der Waals surface area contributed by atoms with Gasteiger partial charge in [0.2, 0.25) is 5.43 Å². The topological polar surface area (TPSA) is 65.7 Å². The monoisotopic (exact) mass is 240 g/mol. The molecule has 0 saturated heterocycles. The molecule has 2 aromatic heterocycles. The van der Waals surface area contributed by atoms with Gasteiger partial charge in [-0.15, -0.1) is 0 Å². The van der Waals surface area contributed by atoms with Crippen molar-refractivity contribution in [3.05, 3.63) is 56.1 Å². The van der Waals surface area contributed by atoms with Crippen LogP contribution >= 0.6 is 0 Å². The van der Waals surface area contributed by atoms with E-state index in [4.69, 9.17) is 0 Å². The van der Waals surface area contributed by atoms with E-state index in [0.29, 0.717) is 10.9 Å². The van der Waals surface area contributed by atoms with Gasteiger partial charge in [-0.25, -0.2) is 0 Å². The number of nitrogens with one attached hydrogen (secondary N) is 2. The zero-order chi connectivity index (χ0) is 12.9. The van der Waals surface area contributed by atoms with Crippen LogP contribution in [-0.2, 0) is 0 Å². The first-order valence-corrected chi connectivity index (χ1v) is 5.72. The minimum atomic E-state index is -0.338. The third-order valence-electron chi connectivity index (χ3n) is 3.08. The van der Waals surface area contributed by atoms with Crippen LogP contribution in [0.2, 0.25) is 0 Å². The molecule has 0 aliphatic heterocycles. The van der Waals surface area contributed by atoms with Crippen LogP contribution in [0.1, 0.15) is 11.3 Å². The van der Waals surface area contributed by atoms with E-state index in [0.717, 1.165) is 16.8 Å². The van der Waals surface area contributed by atoms with Crippen LogP contribution in [0.15, 0.2) is 33.9 Å². The van der Waals surface area contributed by atoms with E-state index in [-0.39, 0.29) is 16.4 Å². The third-order valence-corrected chi connectivity index (χ3v) is 3.08. The summed E-state index contributed by atoms with van der Waals surface area (Å²) >= 11 is 0. The van der Waals surface area contributed by atoms with Gasteiger partial charge in [0.05, 0.1) is 5.52 Å². The van der Waals surface area contributed by atoms with Gasteiger partial charge in [0.1, 0.15) is 5.39 Å². The summed E-state index contributed by atoms with van der Waals surface area (Å²) in [6.07, 6.45) is 0. The van der Waals surface area contributed by atoms with Gasteiger partial charge in [-0.05, 0) is 32.0 Å². The summed E-state index contributed by atoms with van der Waals surface area (Å²) in [4.78, 5) is 30.0. The van der Waals surface area contributed by atoms with E-state index < -0.39 is 0 Å². The lowest BCUT2D eigenvalue weighted by Crippen LogP contribution is -2.17. The second-order valence-corrected chi connectivity index (χ2v) is 4.57. The van der Waals surface area contributed by atoms with Crippen LogP contribution in [0.4, 0.5) is 0 Å². The number of hydrogen-bond donors (Lipinski definition) is 2. The Morgan fingerprint density at radius 2 is 1.72 bits per heavy atom. The van der Waals surface area contributed by atoms with Gasteiger partial charge >= 0.3 is 0 Å². The molecule has 18 heavy (non-hydrogen) atoms. The summed E-state index contributed by atoms with van der Waals surface area (Å²) in [7, 11) is 0. The molecule has 2 heterocycles. The summed E-state index contributed by atoms with van der Waals surface area (Å²) < 4.78 is 0. The Labute approximate surface area is 102 Å². The molecule has 4 heteroatoms. The van der Waals surface area contributed by atoms with Crippen molar-refractivity contribution < 1.29 is 0 Å². The van der Waals surface area contributed by atoms with E-state index in [1.54, 1.807) is 19.1 Å². The Balaban J connectivity index is 2.66. The maximum absolute atomic E-state index is 12.3. The Bertz CT molecular complexity index is 888. The summed E-state index contributed by atoms with van der Waals surface area (Å²) in [5.41, 5.74) is 2.50. The second-order valence-electron chi connectivity index (χ2n) is 4.57. The number of fused-ring (bicyclic) bond motifs is 2. The molecule has 0 aliphatic rings. The molecular weight excluding hydrogens is 228 g/mol. The van der Waals surface area contributed by atoms with Gasteiger partial charge in [0, 0.05) is 16.6 Å². The molecule has 0 spiro atoms. The zero-order valence-corrected chi connectivity index (χ0v) is 10.1. The van der Waals surface area contributed by atoms with Crippen molar-refractivity contribution in [1.29, 1.82) is 0 Å². The Morgan fingerprint density at radius 3 is 2.50 bits per heavy atom. The maximum atomic E-state index is 12.3. The summed E-state index contributed by atoms with van der Waals surface area (Å²) in [6.45, 7) is 3.71. The molecule has 0 aliphatic carbocycles. The van der Waals surface area contributed by atoms with E-state index >= 15 is 0 Å². The van der Waals surface area contributed by atoms with Crippen molar-refractivity contribution in [2.45, 2.75) is 13.8 Å². The predicted molar refractivity (Wildman–Crippen MR) is 72.2 cm³/mol. The molecule has 3 aromatic rings. The predicted octanol–water partition coefficient (Wildman–Crippen LogP) is 1.99. The highest BCUT2D eigenvalue weighted by atomic mass is 16.1. The molecule has 2 N–H and O–H groups in total. The van der Waals surface area contributed by atoms with Gasteiger partial charge < -0.3 is 9.97 Å². The van der Waals surface area contributed by atoms with Gasteiger partial charge in [0.25, 0.3) is 5.56 Å². The van der Waals surface area contributed by atoms with Crippen molar-refractivity contribution in [2.75, 3.05) is 0 Å². The minimum Gasteiger partial charge on any atom is -0.354 e. The van der Waals surface area contributed by atoms with Crippen molar-refractivity contribution in [3.63, 3.8) is 0 Å². The Kier molecular flexibility index (Phi) is 2.13. The first kappa shape index (κ1) is 10.8. The zero-order valence-electron chi connectivity index (χ0n) is 10.1. The fourth-order valence-electron chi connectivity index (χ4n) is 2.25. The van der Waals surface area contributed by atoms with Gasteiger partial charge in [0.15, 0.2) is 0 Å². The average Bonchev–Trinajstić information content (AvgIpc) is 2.29. The van der Waals surface area contributed by atoms with Gasteiger partial charge in [-0.3, -0.25) is 9.59 Å². The highest BCUT2D eigenvalue weighted by Crippen LogP contribution is 2.14. The van der Waals surface area contributed by atoms with E-state index in [1.807, 2.05) is 19.1 Å². The van der Waals surface area contributed by atoms with Crippen LogP contribution in [0, 0.1) is 13.8 Å². The molecule has 0 saturated carbocycles. The van der Waals surface area contributed by atoms with Crippen molar-refractivity contribution in [2.24, 2.45) is 0 Å². The van der Waals surface area contributed by atoms with Crippen molar-refractivity contribution >= 4 is 21.8 Å². The molecule has 1 aromatic carbocycles. The van der Waals surface area contributed by atoms with Crippen molar-refractivity contribution in [1.82, 2.24) is 9.97 Å². The first-order chi connectivity index (χ1) is 8.56. The van der Waals surface area contributed by atoms with Gasteiger partial charge in [-0.2, -0.15) is 0 Å². The molecule has 4 nitrogen and oxygen atoms in total. The average molecular weight is 240 g/mol. The fourth-order valence-corrected chi connectivity index (χ4v) is 2.25. The molecule has 90 valence electrons. The molecule has 0 amide bonds. The lowest BCUT2D eigenvalue weighted by atomic mass is 10.1. The minimum absolute atomic E-state index is 0.193. The van der Waals surface area contributed by atoms with Crippen molar-refractivity contribution in [3.8, 4) is 0 Å². The quantitative estimate of drug-likeness (QED) is 0.590. The summed E-state index contributed by atoms with van der Waals surface area (Å²) in [5, 5.41) is 0.746. The largest absolute Gasteiger partial charge is 0.354 e. The molecule has 0 fully saturated rings. The van der Waals surface area contributed by atoms with Crippen LogP contribution in [0.3, 0.4) is 0 Å². The van der Waals surface area contributed by atoms with Crippen LogP contribution in [0.25, 0.3) is 21.8 Å². The standard InChI is InChI=1S/C14H12N2O2/c1-7-3-4-10-9(5-7)13(17)12-11(16-10)6-8(2)15-14(12)18/h3-6H,1-2H3,(H,15,18)(H,16,17). The molecule has 0 unspecified atom stereocenters. The third kappa shape index (κ3) is 1.46. The number of aryl methyl sites for hydroxylation is 2. The number of aromatic nitrogens is 2. The van der Waals surface area contributed by atoms with Crippen LogP contribution in [-0.4, -0.2) is 9.97 Å². The normalized spacial score (nSPS) is 11.2. The van der Waals surface area contributed by atoms with E-state index in [1.165, 1.54) is 0 Å². The summed E-state index contributed by atoms with van der Waals surface area (Å²) in [5.74, 6) is 0. The highest BCUT2D eigenvalue weighted by Gasteiger charge is 2.09. The number of pyridine rings is 2. The lowest BCUT2D eigenvalue weighted by molar-refractivity contribution is 1.16. The fraction of sp³-hybridized carbons (Fsp3) is 0.143. The molecular formula is C14H12N2O2. The van der Waals surface area contributed by atoms with Crippen LogP contribution < -0.4 is 11.0 Å². The van der Waals surface area contributed by atoms with E-state index in [9.17, 15) is 9.59 Å². The molecule has 3 rings (SSSR count). The first-order valence-electron chi connectivity index (χ1n) is 5.72. The smallest absolute Gasteiger partial charge is 0.261 e. The number of aromatic amines is 2. The van der Waals surface area contributed by atoms with Crippen LogP contribution in [0.5, 0.6) is 0 Å². The van der Waals surface area contributed by atoms with E-state index in [2.05, 4.69) is 9.97 Å². The Hall–Kier alpha value is -2.36. The lowest BCUT2D eigenvalue weighted by Gasteiger charge is -2.04. The Morgan fingerprint density at radius 1 is 0.944 bits per heavy atom. The summed E-state index contributed by atoms with van der Waals surface area (Å²) in [6, 6.07) is 7.37. The molecule has 0 radical (unpaired) electrons. The number of rotatable bonds is 0. The second kappa shape index (κ2) is 3.57. The number of benzene rings is 1. The highest BCUT2D eigenvalue weighted by molar-refractivity contribution is 5.92. The number of H-pyrrole nitrogens is 2. The SMILES string of the molecule is Cc1ccc2[nH]c3cc(C)[nH]c(=O)c3c(=O)c2c1. The van der Waals surface area contributed by atoms with Gasteiger partial charge in [-0.1, -0.05) is 11.6 Å².